The summed E-state index contributed by atoms with van der Waals surface area (Å²) in [5, 5.41) is 0.989. The Balaban J connectivity index is 2.35. The van der Waals surface area contributed by atoms with E-state index >= 15 is 0 Å². The molecule has 0 aliphatic carbocycles. The summed E-state index contributed by atoms with van der Waals surface area (Å²) >= 11 is 12.3. The third-order valence-corrected chi connectivity index (χ3v) is 3.17. The zero-order chi connectivity index (χ0) is 12.7. The highest BCUT2D eigenvalue weighted by atomic mass is 35.5. The monoisotopic (exact) mass is 278 g/mol. The highest BCUT2D eigenvalue weighted by molar-refractivity contribution is 6.34. The number of para-hydroxylation sites is 1. The van der Waals surface area contributed by atoms with Crippen molar-refractivity contribution in [2.24, 2.45) is 0 Å². The van der Waals surface area contributed by atoms with Gasteiger partial charge in [0, 0.05) is 0 Å². The fraction of sp³-hybridized carbons (Fsp3) is 0.0833. The van der Waals surface area contributed by atoms with Gasteiger partial charge >= 0.3 is 0 Å². The molecule has 0 amide bonds. The molecule has 0 spiro atoms. The summed E-state index contributed by atoms with van der Waals surface area (Å²) < 4.78 is 1.79. The third kappa shape index (κ3) is 1.74. The number of fused-ring (bicyclic) bond motifs is 1. The maximum atomic E-state index is 6.17. The molecule has 0 saturated carbocycles. The van der Waals surface area contributed by atoms with Gasteiger partial charge in [-0.25, -0.2) is 15.0 Å². The van der Waals surface area contributed by atoms with Gasteiger partial charge in [0.2, 0.25) is 0 Å². The van der Waals surface area contributed by atoms with Gasteiger partial charge in [0.1, 0.15) is 17.7 Å². The number of hydrogen-bond donors (Lipinski definition) is 0. The van der Waals surface area contributed by atoms with Gasteiger partial charge in [0.15, 0.2) is 10.8 Å². The van der Waals surface area contributed by atoms with Crippen LogP contribution in [0.4, 0.5) is 0 Å². The van der Waals surface area contributed by atoms with Gasteiger partial charge in [-0.15, -0.1) is 0 Å². The maximum Gasteiger partial charge on any atom is 0.182 e. The van der Waals surface area contributed by atoms with E-state index in [4.69, 9.17) is 23.2 Å². The lowest BCUT2D eigenvalue weighted by molar-refractivity contribution is 1.06. The van der Waals surface area contributed by atoms with E-state index in [0.717, 1.165) is 5.69 Å². The van der Waals surface area contributed by atoms with E-state index in [-0.39, 0.29) is 0 Å². The quantitative estimate of drug-likeness (QED) is 0.641. The van der Waals surface area contributed by atoms with Crippen molar-refractivity contribution in [3.63, 3.8) is 0 Å². The summed E-state index contributed by atoms with van der Waals surface area (Å²) in [7, 11) is 0. The lowest BCUT2D eigenvalue weighted by Gasteiger charge is -2.06. The van der Waals surface area contributed by atoms with Crippen LogP contribution in [0.3, 0.4) is 0 Å². The number of imidazole rings is 1. The van der Waals surface area contributed by atoms with Crippen LogP contribution >= 0.6 is 23.2 Å². The first kappa shape index (κ1) is 11.4. The highest BCUT2D eigenvalue weighted by Crippen LogP contribution is 2.26. The Morgan fingerprint density at radius 3 is 2.67 bits per heavy atom. The molecule has 0 atom stereocenters. The van der Waals surface area contributed by atoms with Gasteiger partial charge < -0.3 is 0 Å². The van der Waals surface area contributed by atoms with Gasteiger partial charge in [-0.1, -0.05) is 35.3 Å². The SMILES string of the molecule is Cc1nc(Cl)c2c(ncn2-c2ccccc2Cl)n1. The van der Waals surface area contributed by atoms with Crippen LogP contribution in [0.15, 0.2) is 30.6 Å². The van der Waals surface area contributed by atoms with Crippen LogP contribution in [0.2, 0.25) is 10.2 Å². The Morgan fingerprint density at radius 1 is 1.11 bits per heavy atom. The van der Waals surface area contributed by atoms with Crippen molar-refractivity contribution in [3.05, 3.63) is 46.6 Å². The Kier molecular flexibility index (Phi) is 2.69. The minimum Gasteiger partial charge on any atom is -0.293 e. The summed E-state index contributed by atoms with van der Waals surface area (Å²) in [5.74, 6) is 0.594. The van der Waals surface area contributed by atoms with Crippen LogP contribution in [-0.2, 0) is 0 Å². The van der Waals surface area contributed by atoms with E-state index in [0.29, 0.717) is 27.2 Å². The first-order valence-corrected chi connectivity index (χ1v) is 6.04. The van der Waals surface area contributed by atoms with Crippen molar-refractivity contribution in [1.29, 1.82) is 0 Å². The standard InChI is InChI=1S/C12H8Cl2N4/c1-7-16-11(14)10-12(17-7)15-6-18(10)9-5-3-2-4-8(9)13/h2-6H,1H3. The summed E-state index contributed by atoms with van der Waals surface area (Å²) in [6, 6.07) is 7.47. The molecule has 18 heavy (non-hydrogen) atoms. The van der Waals surface area contributed by atoms with Crippen LogP contribution in [-0.4, -0.2) is 19.5 Å². The van der Waals surface area contributed by atoms with E-state index in [1.807, 2.05) is 24.3 Å². The van der Waals surface area contributed by atoms with E-state index in [1.165, 1.54) is 0 Å². The number of nitrogens with zero attached hydrogens (tertiary/aromatic N) is 4. The van der Waals surface area contributed by atoms with Crippen molar-refractivity contribution in [1.82, 2.24) is 19.5 Å². The normalized spacial score (nSPS) is 11.1. The second kappa shape index (κ2) is 4.23. The van der Waals surface area contributed by atoms with E-state index < -0.39 is 0 Å². The van der Waals surface area contributed by atoms with Crippen LogP contribution in [0.5, 0.6) is 0 Å². The maximum absolute atomic E-state index is 6.17. The Bertz CT molecular complexity index is 736. The summed E-state index contributed by atoms with van der Waals surface area (Å²) in [6.45, 7) is 1.78. The molecular weight excluding hydrogens is 271 g/mol. The largest absolute Gasteiger partial charge is 0.293 e. The number of hydrogen-bond acceptors (Lipinski definition) is 3. The predicted octanol–water partition coefficient (Wildman–Crippen LogP) is 3.43. The lowest BCUT2D eigenvalue weighted by atomic mass is 10.3. The van der Waals surface area contributed by atoms with Crippen LogP contribution < -0.4 is 0 Å². The predicted molar refractivity (Wildman–Crippen MR) is 71.4 cm³/mol. The molecule has 6 heteroatoms. The molecule has 0 unspecified atom stereocenters. The van der Waals surface area contributed by atoms with E-state index in [1.54, 1.807) is 17.8 Å². The molecule has 2 heterocycles. The van der Waals surface area contributed by atoms with Crippen molar-refractivity contribution in [2.75, 3.05) is 0 Å². The molecule has 0 radical (unpaired) electrons. The Hall–Kier alpha value is -1.65. The zero-order valence-electron chi connectivity index (χ0n) is 9.43. The van der Waals surface area contributed by atoms with Crippen molar-refractivity contribution in [3.8, 4) is 5.69 Å². The molecule has 90 valence electrons. The highest BCUT2D eigenvalue weighted by Gasteiger charge is 2.13. The molecule has 0 N–H and O–H groups in total. The molecule has 0 fully saturated rings. The van der Waals surface area contributed by atoms with E-state index in [9.17, 15) is 0 Å². The van der Waals surface area contributed by atoms with Gasteiger partial charge in [-0.2, -0.15) is 0 Å². The van der Waals surface area contributed by atoms with Crippen LogP contribution in [0, 0.1) is 6.92 Å². The summed E-state index contributed by atoms with van der Waals surface area (Å²) in [5.41, 5.74) is 2.03. The Morgan fingerprint density at radius 2 is 1.89 bits per heavy atom. The molecule has 0 saturated heterocycles. The summed E-state index contributed by atoms with van der Waals surface area (Å²) in [6.07, 6.45) is 1.64. The molecule has 2 aromatic heterocycles. The molecule has 0 aliphatic rings. The first-order chi connectivity index (χ1) is 8.66. The Labute approximate surface area is 113 Å². The second-order valence-corrected chi connectivity index (χ2v) is 4.57. The van der Waals surface area contributed by atoms with Gasteiger partial charge in [-0.3, -0.25) is 4.57 Å². The molecule has 3 aromatic rings. The number of aromatic nitrogens is 4. The smallest absolute Gasteiger partial charge is 0.182 e. The number of rotatable bonds is 1. The molecule has 3 rings (SSSR count). The third-order valence-electron chi connectivity index (χ3n) is 2.58. The second-order valence-electron chi connectivity index (χ2n) is 3.80. The minimum absolute atomic E-state index is 0.370. The number of benzene rings is 1. The minimum atomic E-state index is 0.370. The van der Waals surface area contributed by atoms with Gasteiger partial charge in [0.25, 0.3) is 0 Å². The average Bonchev–Trinajstić information content (AvgIpc) is 2.73. The molecule has 0 aliphatic heterocycles. The molecular formula is C12H8Cl2N4. The molecule has 1 aromatic carbocycles. The molecule has 4 nitrogen and oxygen atoms in total. The fourth-order valence-electron chi connectivity index (χ4n) is 1.82. The van der Waals surface area contributed by atoms with Crippen molar-refractivity contribution in [2.45, 2.75) is 6.92 Å². The number of halogens is 2. The van der Waals surface area contributed by atoms with Crippen molar-refractivity contribution >= 4 is 34.4 Å². The first-order valence-electron chi connectivity index (χ1n) is 5.29. The van der Waals surface area contributed by atoms with E-state index in [2.05, 4.69) is 15.0 Å². The lowest BCUT2D eigenvalue weighted by Crippen LogP contribution is -1.96. The van der Waals surface area contributed by atoms with Crippen LogP contribution in [0.1, 0.15) is 5.82 Å². The zero-order valence-corrected chi connectivity index (χ0v) is 10.9. The fourth-order valence-corrected chi connectivity index (χ4v) is 2.34. The van der Waals surface area contributed by atoms with Crippen molar-refractivity contribution < 1.29 is 0 Å². The summed E-state index contributed by atoms with van der Waals surface area (Å²) in [4.78, 5) is 12.6. The molecule has 0 bridgehead atoms. The van der Waals surface area contributed by atoms with Crippen LogP contribution in [0.25, 0.3) is 16.9 Å². The van der Waals surface area contributed by atoms with Gasteiger partial charge in [0.05, 0.1) is 10.7 Å². The number of aryl methyl sites for hydroxylation is 1. The van der Waals surface area contributed by atoms with Gasteiger partial charge in [-0.05, 0) is 19.1 Å². The average molecular weight is 279 g/mol. The topological polar surface area (TPSA) is 43.6 Å².